The summed E-state index contributed by atoms with van der Waals surface area (Å²) in [5.41, 5.74) is -1.73. The summed E-state index contributed by atoms with van der Waals surface area (Å²) in [7, 11) is 0. The zero-order valence-corrected chi connectivity index (χ0v) is 14.7. The molecule has 3 aliphatic heterocycles. The SMILES string of the molecule is O=C(COC1(c2ccccc2)CNC1)N1CCC(C2(C(F)(F)F)N=N2)CC1. The Morgan fingerprint density at radius 3 is 2.30 bits per heavy atom. The number of piperidine rings is 1. The van der Waals surface area contributed by atoms with Crippen molar-refractivity contribution in [2.75, 3.05) is 32.8 Å². The van der Waals surface area contributed by atoms with Gasteiger partial charge in [0.05, 0.1) is 0 Å². The van der Waals surface area contributed by atoms with E-state index in [1.807, 2.05) is 30.3 Å². The van der Waals surface area contributed by atoms with Crippen LogP contribution in [0.15, 0.2) is 40.6 Å². The molecule has 4 rings (SSSR count). The molecule has 0 unspecified atom stereocenters. The molecular formula is C18H21F3N4O2. The third-order valence-corrected chi connectivity index (χ3v) is 5.74. The first kappa shape index (κ1) is 18.4. The number of carbonyl (C=O) groups excluding carboxylic acids is 1. The Kier molecular flexibility index (Phi) is 4.46. The van der Waals surface area contributed by atoms with Gasteiger partial charge in [0.2, 0.25) is 5.91 Å². The molecule has 0 spiro atoms. The maximum absolute atomic E-state index is 13.1. The zero-order chi connectivity index (χ0) is 19.1. The molecule has 2 saturated heterocycles. The highest BCUT2D eigenvalue weighted by atomic mass is 19.4. The van der Waals surface area contributed by atoms with Gasteiger partial charge in [-0.1, -0.05) is 30.3 Å². The molecule has 0 bridgehead atoms. The van der Waals surface area contributed by atoms with E-state index >= 15 is 0 Å². The van der Waals surface area contributed by atoms with Crippen LogP contribution < -0.4 is 5.32 Å². The number of hydrogen-bond acceptors (Lipinski definition) is 5. The Labute approximate surface area is 154 Å². The summed E-state index contributed by atoms with van der Waals surface area (Å²) in [5.74, 6) is -0.879. The zero-order valence-electron chi connectivity index (χ0n) is 14.7. The van der Waals surface area contributed by atoms with Crippen molar-refractivity contribution in [3.05, 3.63) is 35.9 Å². The van der Waals surface area contributed by atoms with Gasteiger partial charge in [-0.15, -0.1) is 10.2 Å². The molecule has 6 nitrogen and oxygen atoms in total. The number of halogens is 3. The fraction of sp³-hybridized carbons (Fsp3) is 0.611. The summed E-state index contributed by atoms with van der Waals surface area (Å²) in [6, 6.07) is 9.71. The van der Waals surface area contributed by atoms with Crippen molar-refractivity contribution < 1.29 is 22.7 Å². The maximum atomic E-state index is 13.1. The summed E-state index contributed by atoms with van der Waals surface area (Å²) < 4.78 is 45.3. The van der Waals surface area contributed by atoms with Crippen LogP contribution >= 0.6 is 0 Å². The molecule has 0 aliphatic carbocycles. The van der Waals surface area contributed by atoms with E-state index in [2.05, 4.69) is 15.5 Å². The highest BCUT2D eigenvalue weighted by Gasteiger charge is 2.68. The average Bonchev–Trinajstić information content (AvgIpc) is 3.44. The molecule has 0 aromatic heterocycles. The summed E-state index contributed by atoms with van der Waals surface area (Å²) in [6.07, 6.45) is -3.97. The van der Waals surface area contributed by atoms with Crippen molar-refractivity contribution in [2.24, 2.45) is 16.1 Å². The van der Waals surface area contributed by atoms with E-state index in [0.29, 0.717) is 13.1 Å². The molecule has 9 heteroatoms. The van der Waals surface area contributed by atoms with Crippen molar-refractivity contribution in [3.8, 4) is 0 Å². The van der Waals surface area contributed by atoms with E-state index in [9.17, 15) is 18.0 Å². The monoisotopic (exact) mass is 382 g/mol. The first-order valence-corrected chi connectivity index (χ1v) is 9.05. The van der Waals surface area contributed by atoms with Gasteiger partial charge in [0.25, 0.3) is 5.66 Å². The van der Waals surface area contributed by atoms with Crippen LogP contribution in [-0.2, 0) is 15.1 Å². The topological polar surface area (TPSA) is 66.3 Å². The summed E-state index contributed by atoms with van der Waals surface area (Å²) in [4.78, 5) is 14.1. The van der Waals surface area contributed by atoms with E-state index in [1.54, 1.807) is 4.90 Å². The minimum absolute atomic E-state index is 0.0829. The number of hydrogen-bond donors (Lipinski definition) is 1. The molecule has 1 aromatic carbocycles. The van der Waals surface area contributed by atoms with Crippen LogP contribution in [0.4, 0.5) is 13.2 Å². The van der Waals surface area contributed by atoms with Gasteiger partial charge in [0.1, 0.15) is 12.2 Å². The predicted octanol–water partition coefficient (Wildman–Crippen LogP) is 2.46. The van der Waals surface area contributed by atoms with Crippen LogP contribution in [0, 0.1) is 5.92 Å². The van der Waals surface area contributed by atoms with Gasteiger partial charge in [-0.05, 0) is 18.4 Å². The largest absolute Gasteiger partial charge is 0.437 e. The lowest BCUT2D eigenvalue weighted by molar-refractivity contribution is -0.181. The van der Waals surface area contributed by atoms with Crippen molar-refractivity contribution >= 4 is 5.91 Å². The summed E-state index contributed by atoms with van der Waals surface area (Å²) in [6.45, 7) is 1.71. The third kappa shape index (κ3) is 3.23. The second-order valence-corrected chi connectivity index (χ2v) is 7.33. The standard InChI is InChI=1S/C18H21F3N4O2/c19-18(20,21)17(23-24-17)14-6-8-25(9-7-14)15(26)10-27-16(11-22-12-16)13-4-2-1-3-5-13/h1-5,14,22H,6-12H2. The Morgan fingerprint density at radius 2 is 1.81 bits per heavy atom. The number of amides is 1. The van der Waals surface area contributed by atoms with E-state index in [0.717, 1.165) is 5.56 Å². The Hall–Kier alpha value is -2.00. The van der Waals surface area contributed by atoms with Crippen LogP contribution in [0.2, 0.25) is 0 Å². The smallest absolute Gasteiger partial charge is 0.358 e. The highest BCUT2D eigenvalue weighted by molar-refractivity contribution is 5.77. The Bertz CT molecular complexity index is 720. The molecule has 0 atom stereocenters. The predicted molar refractivity (Wildman–Crippen MR) is 89.9 cm³/mol. The Balaban J connectivity index is 1.30. The fourth-order valence-corrected chi connectivity index (χ4v) is 3.87. The van der Waals surface area contributed by atoms with Crippen molar-refractivity contribution in [3.63, 3.8) is 0 Å². The molecule has 1 aromatic rings. The second kappa shape index (κ2) is 6.56. The average molecular weight is 382 g/mol. The summed E-state index contributed by atoms with van der Waals surface area (Å²) in [5, 5.41) is 9.74. The molecule has 27 heavy (non-hydrogen) atoms. The number of benzene rings is 1. The molecule has 0 saturated carbocycles. The quantitative estimate of drug-likeness (QED) is 0.851. The van der Waals surface area contributed by atoms with Crippen LogP contribution in [0.3, 0.4) is 0 Å². The fourth-order valence-electron chi connectivity index (χ4n) is 3.87. The molecule has 0 radical (unpaired) electrons. The van der Waals surface area contributed by atoms with Gasteiger partial charge in [-0.25, -0.2) is 0 Å². The molecule has 3 heterocycles. The van der Waals surface area contributed by atoms with E-state index in [1.165, 1.54) is 0 Å². The lowest BCUT2D eigenvalue weighted by Crippen LogP contribution is -2.59. The molecule has 3 aliphatic rings. The minimum Gasteiger partial charge on any atom is -0.358 e. The normalized spacial score (nSPS) is 23.7. The number of carbonyl (C=O) groups is 1. The number of likely N-dealkylation sites (tertiary alicyclic amines) is 1. The van der Waals surface area contributed by atoms with Crippen LogP contribution in [0.1, 0.15) is 18.4 Å². The van der Waals surface area contributed by atoms with Gasteiger partial charge in [-0.2, -0.15) is 13.2 Å². The lowest BCUT2D eigenvalue weighted by Gasteiger charge is -2.43. The summed E-state index contributed by atoms with van der Waals surface area (Å²) >= 11 is 0. The molecular weight excluding hydrogens is 361 g/mol. The minimum atomic E-state index is -4.45. The van der Waals surface area contributed by atoms with Gasteiger partial charge < -0.3 is 15.0 Å². The van der Waals surface area contributed by atoms with Crippen LogP contribution in [0.25, 0.3) is 0 Å². The van der Waals surface area contributed by atoms with Crippen molar-refractivity contribution in [1.82, 2.24) is 10.2 Å². The van der Waals surface area contributed by atoms with Gasteiger partial charge in [0, 0.05) is 32.1 Å². The molecule has 2 fully saturated rings. The molecule has 1 N–H and O–H groups in total. The third-order valence-electron chi connectivity index (χ3n) is 5.74. The number of alkyl halides is 3. The second-order valence-electron chi connectivity index (χ2n) is 7.33. The lowest BCUT2D eigenvalue weighted by atomic mass is 9.86. The highest BCUT2D eigenvalue weighted by Crippen LogP contribution is 2.52. The molecule has 1 amide bonds. The maximum Gasteiger partial charge on any atom is 0.437 e. The Morgan fingerprint density at radius 1 is 1.19 bits per heavy atom. The van der Waals surface area contributed by atoms with E-state index < -0.39 is 23.4 Å². The first-order chi connectivity index (χ1) is 12.9. The number of rotatable bonds is 5. The van der Waals surface area contributed by atoms with Crippen molar-refractivity contribution in [1.29, 1.82) is 0 Å². The molecule has 146 valence electrons. The van der Waals surface area contributed by atoms with Crippen molar-refractivity contribution in [2.45, 2.75) is 30.3 Å². The van der Waals surface area contributed by atoms with Gasteiger partial charge >= 0.3 is 6.18 Å². The van der Waals surface area contributed by atoms with Gasteiger partial charge in [0.15, 0.2) is 0 Å². The van der Waals surface area contributed by atoms with E-state index in [-0.39, 0.29) is 38.4 Å². The van der Waals surface area contributed by atoms with Crippen LogP contribution in [-0.4, -0.2) is 55.4 Å². The van der Waals surface area contributed by atoms with Crippen LogP contribution in [0.5, 0.6) is 0 Å². The number of ether oxygens (including phenoxy) is 1. The first-order valence-electron chi connectivity index (χ1n) is 9.05. The number of nitrogens with one attached hydrogen (secondary N) is 1. The number of nitrogens with zero attached hydrogens (tertiary/aromatic N) is 3. The van der Waals surface area contributed by atoms with Gasteiger partial charge in [-0.3, -0.25) is 4.79 Å². The van der Waals surface area contributed by atoms with E-state index in [4.69, 9.17) is 4.74 Å².